The predicted molar refractivity (Wildman–Crippen MR) is 86.6 cm³/mol. The maximum Gasteiger partial charge on any atom is 0.198 e. The number of carbonyl (C=O) groups is 1. The number of Topliss-reactive ketones (excluding diaryl/α,β-unsaturated/α-hetero) is 1. The fourth-order valence-electron chi connectivity index (χ4n) is 2.64. The molecule has 21 heavy (non-hydrogen) atoms. The van der Waals surface area contributed by atoms with E-state index >= 15 is 0 Å². The van der Waals surface area contributed by atoms with Gasteiger partial charge in [0.25, 0.3) is 0 Å². The molecule has 4 nitrogen and oxygen atoms in total. The molecular weight excluding hydrogens is 330 g/mol. The van der Waals surface area contributed by atoms with Gasteiger partial charge in [-0.3, -0.25) is 4.79 Å². The zero-order chi connectivity index (χ0) is 15.0. The Balaban J connectivity index is 1.87. The molecule has 0 aliphatic rings. The minimum Gasteiger partial charge on any atom is -0.361 e. The first-order valence-electron chi connectivity index (χ1n) is 6.83. The summed E-state index contributed by atoms with van der Waals surface area (Å²) < 4.78 is 2.81. The molecule has 108 valence electrons. The van der Waals surface area contributed by atoms with E-state index in [0.29, 0.717) is 12.2 Å². The first-order chi connectivity index (χ1) is 10.1. The number of nitrogens with zero attached hydrogens (tertiary/aromatic N) is 2. The van der Waals surface area contributed by atoms with Crippen LogP contribution < -0.4 is 0 Å². The molecule has 0 radical (unpaired) electrons. The van der Waals surface area contributed by atoms with Crippen LogP contribution in [0, 0.1) is 0 Å². The lowest BCUT2D eigenvalue weighted by Crippen LogP contribution is -2.10. The Bertz CT molecular complexity index is 803. The molecule has 0 aliphatic heterocycles. The van der Waals surface area contributed by atoms with Gasteiger partial charge < -0.3 is 9.55 Å². The topological polar surface area (TPSA) is 50.7 Å². The van der Waals surface area contributed by atoms with E-state index in [9.17, 15) is 4.79 Å². The molecule has 3 rings (SSSR count). The number of aryl methyl sites for hydroxylation is 1. The van der Waals surface area contributed by atoms with Crippen LogP contribution in [0.2, 0.25) is 0 Å². The largest absolute Gasteiger partial charge is 0.361 e. The van der Waals surface area contributed by atoms with Crippen molar-refractivity contribution in [1.82, 2.24) is 14.5 Å². The molecule has 5 heteroatoms. The molecule has 2 heterocycles. The number of halogens is 1. The molecule has 0 saturated carbocycles. The Hall–Kier alpha value is -1.88. The molecule has 0 bridgehead atoms. The summed E-state index contributed by atoms with van der Waals surface area (Å²) in [6, 6.07) is 6.13. The van der Waals surface area contributed by atoms with Gasteiger partial charge in [-0.05, 0) is 29.7 Å². The van der Waals surface area contributed by atoms with Crippen LogP contribution in [-0.2, 0) is 7.05 Å². The van der Waals surface area contributed by atoms with Gasteiger partial charge >= 0.3 is 0 Å². The van der Waals surface area contributed by atoms with Crippen LogP contribution >= 0.6 is 15.9 Å². The predicted octanol–water partition coefficient (Wildman–Crippen LogP) is 4.04. The second kappa shape index (κ2) is 5.48. The first kappa shape index (κ1) is 14.1. The molecule has 0 fully saturated rings. The molecule has 1 N–H and O–H groups in total. The first-order valence-corrected chi connectivity index (χ1v) is 7.62. The van der Waals surface area contributed by atoms with Crippen LogP contribution in [0.5, 0.6) is 0 Å². The van der Waals surface area contributed by atoms with E-state index in [2.05, 4.69) is 38.9 Å². The number of benzene rings is 1. The average Bonchev–Trinajstić information content (AvgIpc) is 3.04. The number of carbonyl (C=O) groups excluding carboxylic acids is 1. The number of nitrogens with one attached hydrogen (secondary N) is 1. The number of hydrogen-bond donors (Lipinski definition) is 1. The van der Waals surface area contributed by atoms with Crippen molar-refractivity contribution in [3.8, 4) is 0 Å². The Kier molecular flexibility index (Phi) is 3.68. The number of H-pyrrole nitrogens is 1. The lowest BCUT2D eigenvalue weighted by atomic mass is 9.95. The maximum absolute atomic E-state index is 12.3. The van der Waals surface area contributed by atoms with E-state index in [-0.39, 0.29) is 11.7 Å². The number of hydrogen-bond acceptors (Lipinski definition) is 2. The fourth-order valence-corrected chi connectivity index (χ4v) is 3.00. The van der Waals surface area contributed by atoms with Crippen molar-refractivity contribution in [2.75, 3.05) is 0 Å². The number of fused-ring (bicyclic) bond motifs is 1. The highest BCUT2D eigenvalue weighted by Crippen LogP contribution is 2.30. The zero-order valence-electron chi connectivity index (χ0n) is 11.9. The average molecular weight is 346 g/mol. The minimum atomic E-state index is 0.0688. The normalized spacial score (nSPS) is 12.7. The van der Waals surface area contributed by atoms with E-state index in [1.807, 2.05) is 25.4 Å². The van der Waals surface area contributed by atoms with Crippen LogP contribution in [0.4, 0.5) is 0 Å². The molecular formula is C16H16BrN3O. The second-order valence-electron chi connectivity index (χ2n) is 5.32. The summed E-state index contributed by atoms with van der Waals surface area (Å²) in [5, 5.41) is 1.16. The quantitative estimate of drug-likeness (QED) is 0.725. The molecule has 0 aliphatic carbocycles. The lowest BCUT2D eigenvalue weighted by molar-refractivity contribution is 0.0963. The highest BCUT2D eigenvalue weighted by molar-refractivity contribution is 9.10. The van der Waals surface area contributed by atoms with Crippen molar-refractivity contribution in [3.05, 3.63) is 52.7 Å². The van der Waals surface area contributed by atoms with Gasteiger partial charge in [0.2, 0.25) is 0 Å². The van der Waals surface area contributed by atoms with E-state index in [4.69, 9.17) is 0 Å². The fraction of sp³-hybridized carbons (Fsp3) is 0.250. The summed E-state index contributed by atoms with van der Waals surface area (Å²) in [6.07, 6.45) is 5.89. The number of aromatic nitrogens is 3. The van der Waals surface area contributed by atoms with Gasteiger partial charge in [0, 0.05) is 47.4 Å². The Morgan fingerprint density at radius 3 is 3.00 bits per heavy atom. The molecule has 1 aromatic carbocycles. The molecule has 0 spiro atoms. The monoisotopic (exact) mass is 345 g/mol. The molecule has 3 aromatic rings. The standard InChI is InChI=1S/C16H16BrN3O/c1-10(7-15(21)16-18-5-6-20(16)2)13-9-19-14-4-3-11(17)8-12(13)14/h3-6,8-10,19H,7H2,1-2H3. The maximum atomic E-state index is 12.3. The third kappa shape index (κ3) is 2.65. The van der Waals surface area contributed by atoms with E-state index < -0.39 is 0 Å². The van der Waals surface area contributed by atoms with Gasteiger partial charge in [0.05, 0.1) is 0 Å². The van der Waals surface area contributed by atoms with Crippen LogP contribution in [0.1, 0.15) is 35.4 Å². The summed E-state index contributed by atoms with van der Waals surface area (Å²) in [7, 11) is 1.84. The minimum absolute atomic E-state index is 0.0688. The van der Waals surface area contributed by atoms with Gasteiger partial charge in [-0.25, -0.2) is 4.98 Å². The highest BCUT2D eigenvalue weighted by atomic mass is 79.9. The smallest absolute Gasteiger partial charge is 0.198 e. The van der Waals surface area contributed by atoms with Crippen molar-refractivity contribution in [1.29, 1.82) is 0 Å². The zero-order valence-corrected chi connectivity index (χ0v) is 13.5. The molecule has 1 atom stereocenters. The van der Waals surface area contributed by atoms with Crippen molar-refractivity contribution < 1.29 is 4.79 Å². The van der Waals surface area contributed by atoms with E-state index in [1.54, 1.807) is 17.0 Å². The van der Waals surface area contributed by atoms with Crippen LogP contribution in [0.15, 0.2) is 41.3 Å². The van der Waals surface area contributed by atoms with Gasteiger partial charge in [-0.15, -0.1) is 0 Å². The number of aromatic amines is 1. The van der Waals surface area contributed by atoms with Crippen LogP contribution in [0.25, 0.3) is 10.9 Å². The summed E-state index contributed by atoms with van der Waals surface area (Å²) in [5.74, 6) is 0.722. The van der Waals surface area contributed by atoms with Crippen LogP contribution in [0.3, 0.4) is 0 Å². The van der Waals surface area contributed by atoms with Crippen molar-refractivity contribution in [3.63, 3.8) is 0 Å². The second-order valence-corrected chi connectivity index (χ2v) is 6.24. The number of ketones is 1. The van der Waals surface area contributed by atoms with Gasteiger partial charge in [-0.1, -0.05) is 22.9 Å². The summed E-state index contributed by atoms with van der Waals surface area (Å²) in [6.45, 7) is 2.07. The Morgan fingerprint density at radius 1 is 1.48 bits per heavy atom. The van der Waals surface area contributed by atoms with Gasteiger partial charge in [-0.2, -0.15) is 0 Å². The van der Waals surface area contributed by atoms with Crippen molar-refractivity contribution in [2.45, 2.75) is 19.3 Å². The van der Waals surface area contributed by atoms with E-state index in [0.717, 1.165) is 20.9 Å². The van der Waals surface area contributed by atoms with Gasteiger partial charge in [0.1, 0.15) is 0 Å². The molecule has 2 aromatic heterocycles. The van der Waals surface area contributed by atoms with Crippen LogP contribution in [-0.4, -0.2) is 20.3 Å². The third-order valence-corrected chi connectivity index (χ3v) is 4.26. The lowest BCUT2D eigenvalue weighted by Gasteiger charge is -2.10. The van der Waals surface area contributed by atoms with Gasteiger partial charge in [0.15, 0.2) is 11.6 Å². The molecule has 0 saturated heterocycles. The molecule has 0 amide bonds. The van der Waals surface area contributed by atoms with Crippen molar-refractivity contribution in [2.24, 2.45) is 7.05 Å². The third-order valence-electron chi connectivity index (χ3n) is 3.77. The Morgan fingerprint density at radius 2 is 2.29 bits per heavy atom. The Labute approximate surface area is 131 Å². The number of imidazole rings is 1. The SMILES string of the molecule is CC(CC(=O)c1nccn1C)c1c[nH]c2ccc(Br)cc12. The summed E-state index contributed by atoms with van der Waals surface area (Å²) in [4.78, 5) is 19.7. The summed E-state index contributed by atoms with van der Waals surface area (Å²) in [5.41, 5.74) is 2.25. The molecule has 1 unspecified atom stereocenters. The summed E-state index contributed by atoms with van der Waals surface area (Å²) >= 11 is 3.50. The number of rotatable bonds is 4. The highest BCUT2D eigenvalue weighted by Gasteiger charge is 2.18. The van der Waals surface area contributed by atoms with E-state index in [1.165, 1.54) is 0 Å². The van der Waals surface area contributed by atoms with Crippen molar-refractivity contribution >= 4 is 32.6 Å².